The maximum atomic E-state index is 14.5. The van der Waals surface area contributed by atoms with Gasteiger partial charge in [-0.25, -0.2) is 13.8 Å². The van der Waals surface area contributed by atoms with Gasteiger partial charge < -0.3 is 5.11 Å². The normalized spacial score (nSPS) is 19.5. The summed E-state index contributed by atoms with van der Waals surface area (Å²) in [6, 6.07) is 10.5. The molecule has 2 unspecified atom stereocenters. The number of carboxylic acid groups (broad SMARTS) is 1. The lowest BCUT2D eigenvalue weighted by molar-refractivity contribution is -0.144. The predicted molar refractivity (Wildman–Crippen MR) is 109 cm³/mol. The molecule has 0 saturated heterocycles. The van der Waals surface area contributed by atoms with Crippen molar-refractivity contribution in [1.29, 1.82) is 0 Å². The van der Waals surface area contributed by atoms with Gasteiger partial charge in [-0.15, -0.1) is 0 Å². The third-order valence-corrected chi connectivity index (χ3v) is 5.77. The van der Waals surface area contributed by atoms with Crippen LogP contribution in [0.25, 0.3) is 0 Å². The average Bonchev–Trinajstić information content (AvgIpc) is 3.09. The molecule has 0 aliphatic carbocycles. The number of aliphatic carboxylic acids is 1. The first-order chi connectivity index (χ1) is 14.2. The Morgan fingerprint density at radius 1 is 1.23 bits per heavy atom. The minimum Gasteiger partial charge on any atom is -0.481 e. The summed E-state index contributed by atoms with van der Waals surface area (Å²) in [6.07, 6.45) is 0.353. The highest BCUT2D eigenvalue weighted by molar-refractivity contribution is 6.04. The van der Waals surface area contributed by atoms with Crippen molar-refractivity contribution in [1.82, 2.24) is 5.01 Å². The molecule has 1 aliphatic heterocycles. The van der Waals surface area contributed by atoms with Crippen molar-refractivity contribution in [2.75, 3.05) is 0 Å². The first kappa shape index (κ1) is 21.6. The van der Waals surface area contributed by atoms with Crippen LogP contribution in [0.5, 0.6) is 0 Å². The van der Waals surface area contributed by atoms with Gasteiger partial charge in [-0.1, -0.05) is 37.6 Å². The maximum absolute atomic E-state index is 14.5. The molecule has 2 aromatic carbocycles. The van der Waals surface area contributed by atoms with Gasteiger partial charge in [0.2, 0.25) is 5.91 Å². The third kappa shape index (κ3) is 3.72. The molecule has 7 heteroatoms. The van der Waals surface area contributed by atoms with E-state index in [4.69, 9.17) is 0 Å². The number of amides is 1. The van der Waals surface area contributed by atoms with Crippen LogP contribution in [0.4, 0.5) is 8.78 Å². The van der Waals surface area contributed by atoms with E-state index in [0.717, 1.165) is 29.3 Å². The minimum atomic E-state index is -1.11. The zero-order chi connectivity index (χ0) is 22.1. The number of hydrazone groups is 1. The zero-order valence-electron chi connectivity index (χ0n) is 17.2. The Kier molecular flexibility index (Phi) is 6.01. The second kappa shape index (κ2) is 8.34. The fraction of sp³-hybridized carbons (Fsp3) is 0.348. The van der Waals surface area contributed by atoms with Crippen LogP contribution in [0.2, 0.25) is 0 Å². The molecule has 158 valence electrons. The smallest absolute Gasteiger partial charge is 0.303 e. The van der Waals surface area contributed by atoms with Crippen LogP contribution in [0.1, 0.15) is 49.8 Å². The topological polar surface area (TPSA) is 70.0 Å². The zero-order valence-corrected chi connectivity index (χ0v) is 17.2. The number of aryl methyl sites for hydroxylation is 1. The van der Waals surface area contributed by atoms with Crippen LogP contribution < -0.4 is 0 Å². The number of rotatable bonds is 6. The van der Waals surface area contributed by atoms with Gasteiger partial charge in [-0.3, -0.25) is 9.59 Å². The van der Waals surface area contributed by atoms with E-state index in [0.29, 0.717) is 6.42 Å². The molecular weight excluding hydrogens is 390 g/mol. The Morgan fingerprint density at radius 2 is 1.93 bits per heavy atom. The van der Waals surface area contributed by atoms with Crippen LogP contribution in [-0.2, 0) is 15.1 Å². The Balaban J connectivity index is 2.26. The van der Waals surface area contributed by atoms with E-state index < -0.39 is 35.0 Å². The number of hydrogen-bond donors (Lipinski definition) is 1. The first-order valence-corrected chi connectivity index (χ1v) is 9.82. The molecule has 2 aromatic rings. The molecule has 0 saturated carbocycles. The number of hydrogen-bond acceptors (Lipinski definition) is 3. The lowest BCUT2D eigenvalue weighted by atomic mass is 9.70. The molecule has 2 atom stereocenters. The van der Waals surface area contributed by atoms with Crippen molar-refractivity contribution in [3.05, 3.63) is 70.8 Å². The van der Waals surface area contributed by atoms with Crippen LogP contribution in [0, 0.1) is 24.5 Å². The Labute approximate surface area is 174 Å². The monoisotopic (exact) mass is 414 g/mol. The van der Waals surface area contributed by atoms with Crippen molar-refractivity contribution < 1.29 is 23.5 Å². The molecule has 0 fully saturated rings. The molecule has 1 amide bonds. The highest BCUT2D eigenvalue weighted by atomic mass is 19.1. The number of halogens is 2. The number of carbonyl (C=O) groups excluding carboxylic acids is 1. The molecular formula is C23H24F2N2O3. The third-order valence-electron chi connectivity index (χ3n) is 5.77. The lowest BCUT2D eigenvalue weighted by Gasteiger charge is -2.43. The molecule has 1 aliphatic rings. The summed E-state index contributed by atoms with van der Waals surface area (Å²) in [5.74, 6) is -3.14. The van der Waals surface area contributed by atoms with Crippen molar-refractivity contribution in [2.45, 2.75) is 45.6 Å². The Bertz CT molecular complexity index is 1020. The molecule has 1 N–H and O–H groups in total. The summed E-state index contributed by atoms with van der Waals surface area (Å²) in [5.41, 5.74) is 0.696. The lowest BCUT2D eigenvalue weighted by Crippen LogP contribution is -2.49. The van der Waals surface area contributed by atoms with Gasteiger partial charge in [0.1, 0.15) is 17.2 Å². The number of nitrogens with zero attached hydrogens (tertiary/aromatic N) is 2. The molecule has 30 heavy (non-hydrogen) atoms. The van der Waals surface area contributed by atoms with Gasteiger partial charge in [0.25, 0.3) is 0 Å². The standard InChI is InChI=1S/C23H24F2N2O3/c1-4-16(11-22(29)30)23(19-8-6-5-7-14(19)2)13-21(26-27(23)15(3)28)18-12-17(24)9-10-20(18)25/h5-10,12,16H,4,11,13H2,1-3H3,(H,29,30). The van der Waals surface area contributed by atoms with Gasteiger partial charge in [0, 0.05) is 18.9 Å². The first-order valence-electron chi connectivity index (χ1n) is 9.82. The van der Waals surface area contributed by atoms with Crippen LogP contribution in [0.15, 0.2) is 47.6 Å². The largest absolute Gasteiger partial charge is 0.481 e. The fourth-order valence-electron chi connectivity index (χ4n) is 4.46. The van der Waals surface area contributed by atoms with Crippen molar-refractivity contribution in [3.8, 4) is 0 Å². The summed E-state index contributed by atoms with van der Waals surface area (Å²) in [7, 11) is 0. The van der Waals surface area contributed by atoms with E-state index in [2.05, 4.69) is 5.10 Å². The van der Waals surface area contributed by atoms with Crippen molar-refractivity contribution in [3.63, 3.8) is 0 Å². The number of carboxylic acids is 1. The summed E-state index contributed by atoms with van der Waals surface area (Å²) in [4.78, 5) is 24.3. The van der Waals surface area contributed by atoms with Gasteiger partial charge in [0.05, 0.1) is 12.1 Å². The minimum absolute atomic E-state index is 0.0260. The van der Waals surface area contributed by atoms with E-state index in [1.807, 2.05) is 38.1 Å². The second-order valence-corrected chi connectivity index (χ2v) is 7.62. The molecule has 0 spiro atoms. The van der Waals surface area contributed by atoms with E-state index in [1.54, 1.807) is 0 Å². The Morgan fingerprint density at radius 3 is 2.53 bits per heavy atom. The molecule has 5 nitrogen and oxygen atoms in total. The van der Waals surface area contributed by atoms with Crippen molar-refractivity contribution >= 4 is 17.6 Å². The van der Waals surface area contributed by atoms with E-state index >= 15 is 0 Å². The van der Waals surface area contributed by atoms with Gasteiger partial charge in [-0.2, -0.15) is 5.10 Å². The van der Waals surface area contributed by atoms with Crippen molar-refractivity contribution in [2.24, 2.45) is 11.0 Å². The van der Waals surface area contributed by atoms with Crippen LogP contribution in [0.3, 0.4) is 0 Å². The molecule has 1 heterocycles. The summed E-state index contributed by atoms with van der Waals surface area (Å²) >= 11 is 0. The van der Waals surface area contributed by atoms with E-state index in [1.165, 1.54) is 11.9 Å². The summed E-state index contributed by atoms with van der Waals surface area (Å²) < 4.78 is 28.4. The van der Waals surface area contributed by atoms with E-state index in [9.17, 15) is 23.5 Å². The molecule has 0 aromatic heterocycles. The molecule has 3 rings (SSSR count). The predicted octanol–water partition coefficient (Wildman–Crippen LogP) is 4.63. The SMILES string of the molecule is CCC(CC(=O)O)C1(c2ccccc2C)CC(c2cc(F)ccc2F)=NN1C(C)=O. The fourth-order valence-corrected chi connectivity index (χ4v) is 4.46. The van der Waals surface area contributed by atoms with Gasteiger partial charge >= 0.3 is 5.97 Å². The maximum Gasteiger partial charge on any atom is 0.303 e. The quantitative estimate of drug-likeness (QED) is 0.750. The number of carbonyl (C=O) groups is 2. The summed E-state index contributed by atoms with van der Waals surface area (Å²) in [5, 5.41) is 15.2. The molecule has 0 bridgehead atoms. The molecule has 0 radical (unpaired) electrons. The van der Waals surface area contributed by atoms with Gasteiger partial charge in [0.15, 0.2) is 0 Å². The highest BCUT2D eigenvalue weighted by Crippen LogP contribution is 2.48. The highest BCUT2D eigenvalue weighted by Gasteiger charge is 2.52. The Hall–Kier alpha value is -3.09. The van der Waals surface area contributed by atoms with E-state index in [-0.39, 0.29) is 24.1 Å². The summed E-state index contributed by atoms with van der Waals surface area (Å²) in [6.45, 7) is 5.07. The van der Waals surface area contributed by atoms with Crippen LogP contribution >= 0.6 is 0 Å². The van der Waals surface area contributed by atoms with Gasteiger partial charge in [-0.05, 0) is 42.2 Å². The number of benzene rings is 2. The second-order valence-electron chi connectivity index (χ2n) is 7.62. The average molecular weight is 414 g/mol. The van der Waals surface area contributed by atoms with Crippen LogP contribution in [-0.4, -0.2) is 27.7 Å².